The first-order valence-electron chi connectivity index (χ1n) is 9.06. The molecular formula is C20H22N2O3S. The SMILES string of the molecule is O=C(c1ccc(N2CCCCS2(=O)=O)cc1)N1CCCc2ccccc21. The molecule has 5 nitrogen and oxygen atoms in total. The Morgan fingerprint density at radius 3 is 2.42 bits per heavy atom. The minimum absolute atomic E-state index is 0.0369. The van der Waals surface area contributed by atoms with Crippen molar-refractivity contribution < 1.29 is 13.2 Å². The molecule has 0 unspecified atom stereocenters. The summed E-state index contributed by atoms with van der Waals surface area (Å²) in [6.07, 6.45) is 3.52. The average molecular weight is 370 g/mol. The lowest BCUT2D eigenvalue weighted by Gasteiger charge is -2.30. The fourth-order valence-corrected chi connectivity index (χ4v) is 5.39. The zero-order chi connectivity index (χ0) is 18.1. The highest BCUT2D eigenvalue weighted by atomic mass is 32.2. The molecule has 0 saturated carbocycles. The van der Waals surface area contributed by atoms with E-state index in [2.05, 4.69) is 6.07 Å². The Hall–Kier alpha value is -2.34. The summed E-state index contributed by atoms with van der Waals surface area (Å²) in [5.74, 6) is 0.156. The molecule has 2 aliphatic heterocycles. The molecule has 0 atom stereocenters. The molecule has 0 bridgehead atoms. The van der Waals surface area contributed by atoms with Gasteiger partial charge in [0.2, 0.25) is 10.0 Å². The van der Waals surface area contributed by atoms with E-state index in [-0.39, 0.29) is 11.7 Å². The lowest BCUT2D eigenvalue weighted by Crippen LogP contribution is -2.38. The highest BCUT2D eigenvalue weighted by Gasteiger charge is 2.27. The summed E-state index contributed by atoms with van der Waals surface area (Å²) in [7, 11) is -3.23. The Balaban J connectivity index is 1.59. The third-order valence-electron chi connectivity index (χ3n) is 5.11. The summed E-state index contributed by atoms with van der Waals surface area (Å²) >= 11 is 0. The molecule has 4 rings (SSSR count). The third-order valence-corrected chi connectivity index (χ3v) is 6.98. The minimum Gasteiger partial charge on any atom is -0.308 e. The predicted molar refractivity (Wildman–Crippen MR) is 103 cm³/mol. The van der Waals surface area contributed by atoms with Crippen molar-refractivity contribution in [1.29, 1.82) is 0 Å². The topological polar surface area (TPSA) is 57.7 Å². The maximum atomic E-state index is 13.0. The summed E-state index contributed by atoms with van der Waals surface area (Å²) in [5, 5.41) is 0. The Morgan fingerprint density at radius 1 is 0.885 bits per heavy atom. The zero-order valence-corrected chi connectivity index (χ0v) is 15.4. The van der Waals surface area contributed by atoms with Crippen LogP contribution in [0.3, 0.4) is 0 Å². The van der Waals surface area contributed by atoms with Crippen LogP contribution in [0.25, 0.3) is 0 Å². The van der Waals surface area contributed by atoms with Crippen LogP contribution in [0.5, 0.6) is 0 Å². The molecular weight excluding hydrogens is 348 g/mol. The average Bonchev–Trinajstić information content (AvgIpc) is 2.67. The first-order valence-corrected chi connectivity index (χ1v) is 10.7. The van der Waals surface area contributed by atoms with Crippen molar-refractivity contribution in [3.8, 4) is 0 Å². The zero-order valence-electron chi connectivity index (χ0n) is 14.6. The number of benzene rings is 2. The van der Waals surface area contributed by atoms with Crippen molar-refractivity contribution in [2.75, 3.05) is 28.0 Å². The van der Waals surface area contributed by atoms with Crippen LogP contribution in [0.15, 0.2) is 48.5 Å². The van der Waals surface area contributed by atoms with Gasteiger partial charge < -0.3 is 4.90 Å². The van der Waals surface area contributed by atoms with E-state index >= 15 is 0 Å². The third kappa shape index (κ3) is 3.09. The fourth-order valence-electron chi connectivity index (χ4n) is 3.75. The molecule has 1 amide bonds. The first-order chi connectivity index (χ1) is 12.6. The van der Waals surface area contributed by atoms with Gasteiger partial charge in [-0.15, -0.1) is 0 Å². The number of sulfonamides is 1. The molecule has 1 fully saturated rings. The van der Waals surface area contributed by atoms with Crippen molar-refractivity contribution >= 4 is 27.3 Å². The van der Waals surface area contributed by atoms with Gasteiger partial charge in [-0.05, 0) is 61.6 Å². The van der Waals surface area contributed by atoms with Crippen molar-refractivity contribution in [2.45, 2.75) is 25.7 Å². The van der Waals surface area contributed by atoms with Gasteiger partial charge in [0, 0.05) is 24.3 Å². The molecule has 0 aliphatic carbocycles. The smallest absolute Gasteiger partial charge is 0.258 e. The lowest BCUT2D eigenvalue weighted by molar-refractivity contribution is 0.0985. The second-order valence-corrected chi connectivity index (χ2v) is 8.84. The number of carbonyl (C=O) groups excluding carboxylic acids is 1. The van der Waals surface area contributed by atoms with Crippen LogP contribution in [0.1, 0.15) is 35.2 Å². The van der Waals surface area contributed by atoms with Crippen molar-refractivity contribution in [1.82, 2.24) is 0 Å². The van der Waals surface area contributed by atoms with E-state index in [0.29, 0.717) is 30.8 Å². The maximum absolute atomic E-state index is 13.0. The number of carbonyl (C=O) groups is 1. The largest absolute Gasteiger partial charge is 0.308 e. The van der Waals surface area contributed by atoms with Crippen LogP contribution >= 0.6 is 0 Å². The van der Waals surface area contributed by atoms with Crippen molar-refractivity contribution in [3.05, 3.63) is 59.7 Å². The second-order valence-electron chi connectivity index (χ2n) is 6.83. The Kier molecular flexibility index (Phi) is 4.44. The summed E-state index contributed by atoms with van der Waals surface area (Å²) < 4.78 is 25.9. The van der Waals surface area contributed by atoms with E-state index in [9.17, 15) is 13.2 Å². The summed E-state index contributed by atoms with van der Waals surface area (Å²) in [4.78, 5) is 14.8. The maximum Gasteiger partial charge on any atom is 0.258 e. The predicted octanol–water partition coefficient (Wildman–Crippen LogP) is 3.21. The molecule has 2 aliphatic rings. The molecule has 26 heavy (non-hydrogen) atoms. The van der Waals surface area contributed by atoms with Gasteiger partial charge in [0.05, 0.1) is 11.4 Å². The van der Waals surface area contributed by atoms with E-state index in [4.69, 9.17) is 0 Å². The number of aryl methyl sites for hydroxylation is 1. The molecule has 0 N–H and O–H groups in total. The van der Waals surface area contributed by atoms with Gasteiger partial charge >= 0.3 is 0 Å². The van der Waals surface area contributed by atoms with Gasteiger partial charge in [0.25, 0.3) is 5.91 Å². The van der Waals surface area contributed by atoms with E-state index in [1.165, 1.54) is 9.87 Å². The molecule has 0 spiro atoms. The van der Waals surface area contributed by atoms with Gasteiger partial charge in [-0.1, -0.05) is 18.2 Å². The van der Waals surface area contributed by atoms with Crippen LogP contribution in [0.4, 0.5) is 11.4 Å². The van der Waals surface area contributed by atoms with E-state index in [0.717, 1.165) is 24.9 Å². The number of anilines is 2. The van der Waals surface area contributed by atoms with E-state index < -0.39 is 10.0 Å². The van der Waals surface area contributed by atoms with Gasteiger partial charge in [0.15, 0.2) is 0 Å². The first kappa shape index (κ1) is 17.1. The van der Waals surface area contributed by atoms with Crippen LogP contribution < -0.4 is 9.21 Å². The summed E-state index contributed by atoms with van der Waals surface area (Å²) in [5.41, 5.74) is 3.40. The van der Waals surface area contributed by atoms with E-state index in [1.807, 2.05) is 23.1 Å². The highest BCUT2D eigenvalue weighted by molar-refractivity contribution is 7.92. The molecule has 2 heterocycles. The Labute approximate surface area is 154 Å². The number of hydrogen-bond acceptors (Lipinski definition) is 3. The highest BCUT2D eigenvalue weighted by Crippen LogP contribution is 2.29. The number of rotatable bonds is 2. The van der Waals surface area contributed by atoms with Crippen LogP contribution in [0.2, 0.25) is 0 Å². The number of fused-ring (bicyclic) bond motifs is 1. The molecule has 2 aromatic rings. The normalized spacial score (nSPS) is 19.1. The Morgan fingerprint density at radius 2 is 1.65 bits per heavy atom. The van der Waals surface area contributed by atoms with Gasteiger partial charge in [-0.2, -0.15) is 0 Å². The monoisotopic (exact) mass is 370 g/mol. The molecule has 6 heteroatoms. The number of nitrogens with zero attached hydrogens (tertiary/aromatic N) is 2. The standard InChI is InChI=1S/C20H22N2O3S/c23-20(21-13-5-7-16-6-1-2-8-19(16)21)17-9-11-18(12-10-17)22-14-3-4-15-26(22,24)25/h1-2,6,8-12H,3-5,7,13-15H2. The quantitative estimate of drug-likeness (QED) is 0.816. The van der Waals surface area contributed by atoms with Gasteiger partial charge in [-0.25, -0.2) is 8.42 Å². The molecule has 0 radical (unpaired) electrons. The molecule has 2 aromatic carbocycles. The molecule has 1 saturated heterocycles. The number of para-hydroxylation sites is 1. The van der Waals surface area contributed by atoms with Gasteiger partial charge in [0.1, 0.15) is 0 Å². The van der Waals surface area contributed by atoms with Gasteiger partial charge in [-0.3, -0.25) is 9.10 Å². The number of amides is 1. The van der Waals surface area contributed by atoms with E-state index in [1.54, 1.807) is 24.3 Å². The molecule has 136 valence electrons. The van der Waals surface area contributed by atoms with Crippen molar-refractivity contribution in [3.63, 3.8) is 0 Å². The summed E-state index contributed by atoms with van der Waals surface area (Å²) in [6.45, 7) is 1.22. The van der Waals surface area contributed by atoms with Crippen LogP contribution in [-0.4, -0.2) is 33.2 Å². The van der Waals surface area contributed by atoms with Crippen LogP contribution in [0, 0.1) is 0 Å². The van der Waals surface area contributed by atoms with Crippen LogP contribution in [-0.2, 0) is 16.4 Å². The second kappa shape index (κ2) is 6.76. The molecule has 0 aromatic heterocycles. The minimum atomic E-state index is -3.23. The summed E-state index contributed by atoms with van der Waals surface area (Å²) in [6, 6.07) is 15.0. The Bertz CT molecular complexity index is 922. The lowest BCUT2D eigenvalue weighted by atomic mass is 10.0. The number of hydrogen-bond donors (Lipinski definition) is 0. The fraction of sp³-hybridized carbons (Fsp3) is 0.350. The van der Waals surface area contributed by atoms with Crippen molar-refractivity contribution in [2.24, 2.45) is 0 Å².